The van der Waals surface area contributed by atoms with Crippen molar-refractivity contribution < 1.29 is 4.74 Å². The van der Waals surface area contributed by atoms with Crippen LogP contribution in [0.3, 0.4) is 0 Å². The summed E-state index contributed by atoms with van der Waals surface area (Å²) in [5.41, 5.74) is 8.20. The molecule has 216 valence electrons. The highest BCUT2D eigenvalue weighted by Gasteiger charge is 2.51. The first-order chi connectivity index (χ1) is 22.8. The van der Waals surface area contributed by atoms with Crippen LogP contribution in [-0.2, 0) is 5.41 Å². The lowest BCUT2D eigenvalue weighted by Crippen LogP contribution is -2.62. The number of hydrogen-bond donors (Lipinski definition) is 0. The number of aromatic nitrogens is 1. The molecular formula is C43H29NOSi. The van der Waals surface area contributed by atoms with Crippen LogP contribution in [0.4, 0.5) is 0 Å². The van der Waals surface area contributed by atoms with E-state index in [0.717, 1.165) is 11.5 Å². The molecule has 2 nitrogen and oxygen atoms in total. The third-order valence-electron chi connectivity index (χ3n) is 10.2. The van der Waals surface area contributed by atoms with Gasteiger partial charge in [0.1, 0.15) is 20.3 Å². The van der Waals surface area contributed by atoms with E-state index in [0.29, 0.717) is 0 Å². The average Bonchev–Trinajstić information content (AvgIpc) is 3.46. The Morgan fingerprint density at radius 1 is 0.435 bits per heavy atom. The molecule has 0 aliphatic carbocycles. The largest absolute Gasteiger partial charge is 0.457 e. The van der Waals surface area contributed by atoms with Gasteiger partial charge >= 0.3 is 0 Å². The average molecular weight is 604 g/mol. The van der Waals surface area contributed by atoms with Gasteiger partial charge in [-0.25, -0.2) is 0 Å². The van der Waals surface area contributed by atoms with E-state index in [4.69, 9.17) is 4.74 Å². The SMILES string of the molecule is c1ccc([SiH]2c3ccccc3C3(c4ccccc4Oc4ccccc43)c3cc(-n4c5ccccc5c5ccccc54)ccc32)cc1. The van der Waals surface area contributed by atoms with Gasteiger partial charge in [0.15, 0.2) is 0 Å². The van der Waals surface area contributed by atoms with Crippen molar-refractivity contribution in [3.63, 3.8) is 0 Å². The summed E-state index contributed by atoms with van der Waals surface area (Å²) in [5.74, 6) is 1.84. The van der Waals surface area contributed by atoms with Gasteiger partial charge in [0.05, 0.1) is 16.4 Å². The smallest absolute Gasteiger partial charge is 0.133 e. The van der Waals surface area contributed by atoms with Crippen LogP contribution < -0.4 is 20.3 Å². The molecule has 2 aliphatic heterocycles. The summed E-state index contributed by atoms with van der Waals surface area (Å²) in [6.07, 6.45) is 0. The minimum atomic E-state index is -1.85. The molecule has 0 bridgehead atoms. The van der Waals surface area contributed by atoms with Crippen molar-refractivity contribution in [3.05, 3.63) is 192 Å². The standard InChI is InChI=1S/C43H29NOSi/c1-2-14-30(15-3-1)46-41-25-13-8-20-35(41)43(33-18-6-11-23-39(33)45-40-24-12-7-19-34(40)43)36-28-29(26-27-42(36)46)44-37-21-9-4-16-31(37)32-17-5-10-22-38(32)44/h1-28,46H. The van der Waals surface area contributed by atoms with Crippen molar-refractivity contribution in [2.45, 2.75) is 5.41 Å². The van der Waals surface area contributed by atoms with Crippen molar-refractivity contribution >= 4 is 46.2 Å². The van der Waals surface area contributed by atoms with E-state index in [1.165, 1.54) is 65.3 Å². The molecule has 1 aromatic heterocycles. The summed E-state index contributed by atoms with van der Waals surface area (Å²) in [6, 6.07) is 62.6. The Morgan fingerprint density at radius 3 is 1.63 bits per heavy atom. The van der Waals surface area contributed by atoms with Crippen LogP contribution in [0.2, 0.25) is 0 Å². The molecule has 0 N–H and O–H groups in total. The van der Waals surface area contributed by atoms with E-state index in [1.807, 2.05) is 0 Å². The van der Waals surface area contributed by atoms with Gasteiger partial charge in [-0.2, -0.15) is 0 Å². The molecule has 1 atom stereocenters. The molecule has 2 aliphatic rings. The first kappa shape index (κ1) is 25.7. The highest BCUT2D eigenvalue weighted by atomic mass is 28.3. The Hall–Kier alpha value is -5.64. The molecule has 8 aromatic rings. The number of fused-ring (bicyclic) bond motifs is 11. The second kappa shape index (κ2) is 9.68. The fourth-order valence-corrected chi connectivity index (χ4v) is 11.9. The summed E-state index contributed by atoms with van der Waals surface area (Å²) in [7, 11) is -1.85. The Labute approximate surface area is 269 Å². The summed E-state index contributed by atoms with van der Waals surface area (Å²) in [4.78, 5) is 0. The second-order valence-corrected chi connectivity index (χ2v) is 15.2. The predicted octanol–water partition coefficient (Wildman–Crippen LogP) is 7.83. The van der Waals surface area contributed by atoms with Gasteiger partial charge in [-0.3, -0.25) is 0 Å². The maximum absolute atomic E-state index is 6.67. The first-order valence-corrected chi connectivity index (χ1v) is 17.7. The minimum absolute atomic E-state index is 0.537. The lowest BCUT2D eigenvalue weighted by molar-refractivity contribution is 0.435. The van der Waals surface area contributed by atoms with E-state index in [9.17, 15) is 0 Å². The first-order valence-electron chi connectivity index (χ1n) is 16.0. The Morgan fingerprint density at radius 2 is 0.957 bits per heavy atom. The number of nitrogens with zero attached hydrogens (tertiary/aromatic N) is 1. The zero-order valence-electron chi connectivity index (χ0n) is 25.1. The number of para-hydroxylation sites is 4. The van der Waals surface area contributed by atoms with Crippen LogP contribution in [0.25, 0.3) is 27.5 Å². The van der Waals surface area contributed by atoms with E-state index in [1.54, 1.807) is 0 Å². The summed E-state index contributed by atoms with van der Waals surface area (Å²) in [6.45, 7) is 0. The molecule has 10 rings (SSSR count). The van der Waals surface area contributed by atoms with E-state index in [2.05, 4.69) is 174 Å². The molecule has 0 amide bonds. The van der Waals surface area contributed by atoms with E-state index in [-0.39, 0.29) is 0 Å². The fourth-order valence-electron chi connectivity index (χ4n) is 8.44. The summed E-state index contributed by atoms with van der Waals surface area (Å²) < 4.78 is 9.12. The van der Waals surface area contributed by atoms with Crippen LogP contribution in [0.1, 0.15) is 22.3 Å². The Bertz CT molecular complexity index is 2380. The molecular weight excluding hydrogens is 575 g/mol. The van der Waals surface area contributed by atoms with Crippen molar-refractivity contribution in [2.75, 3.05) is 0 Å². The van der Waals surface area contributed by atoms with Crippen molar-refractivity contribution in [2.24, 2.45) is 0 Å². The normalized spacial score (nSPS) is 15.5. The predicted molar refractivity (Wildman–Crippen MR) is 192 cm³/mol. The van der Waals surface area contributed by atoms with E-state index >= 15 is 0 Å². The van der Waals surface area contributed by atoms with Crippen molar-refractivity contribution in [1.82, 2.24) is 4.57 Å². The van der Waals surface area contributed by atoms with Crippen LogP contribution in [-0.4, -0.2) is 13.4 Å². The number of hydrogen-bond acceptors (Lipinski definition) is 1. The van der Waals surface area contributed by atoms with Gasteiger partial charge in [0.2, 0.25) is 0 Å². The van der Waals surface area contributed by atoms with Gasteiger partial charge in [0, 0.05) is 27.6 Å². The number of ether oxygens (including phenoxy) is 1. The molecule has 46 heavy (non-hydrogen) atoms. The summed E-state index contributed by atoms with van der Waals surface area (Å²) in [5, 5.41) is 6.91. The van der Waals surface area contributed by atoms with Gasteiger partial charge in [0.25, 0.3) is 0 Å². The molecule has 0 radical (unpaired) electrons. The fraction of sp³-hybridized carbons (Fsp3) is 0.0233. The monoisotopic (exact) mass is 603 g/mol. The summed E-state index contributed by atoms with van der Waals surface area (Å²) >= 11 is 0. The lowest BCUT2D eigenvalue weighted by Gasteiger charge is -2.47. The lowest BCUT2D eigenvalue weighted by atomic mass is 9.63. The third-order valence-corrected chi connectivity index (χ3v) is 13.5. The van der Waals surface area contributed by atoms with Crippen LogP contribution in [0, 0.1) is 0 Å². The highest BCUT2D eigenvalue weighted by Crippen LogP contribution is 2.55. The second-order valence-electron chi connectivity index (χ2n) is 12.4. The molecule has 0 saturated carbocycles. The van der Waals surface area contributed by atoms with Gasteiger partial charge < -0.3 is 9.30 Å². The number of benzene rings is 7. The van der Waals surface area contributed by atoms with Crippen LogP contribution in [0.15, 0.2) is 170 Å². The molecule has 0 saturated heterocycles. The maximum Gasteiger partial charge on any atom is 0.133 e. The quantitative estimate of drug-likeness (QED) is 0.184. The molecule has 7 aromatic carbocycles. The molecule has 0 fully saturated rings. The van der Waals surface area contributed by atoms with Crippen LogP contribution in [0.5, 0.6) is 11.5 Å². The molecule has 1 unspecified atom stereocenters. The molecule has 1 spiro atoms. The zero-order chi connectivity index (χ0) is 30.2. The van der Waals surface area contributed by atoms with Crippen molar-refractivity contribution in [3.8, 4) is 17.2 Å². The van der Waals surface area contributed by atoms with Gasteiger partial charge in [-0.1, -0.05) is 139 Å². The molecule has 3 heteroatoms. The number of rotatable bonds is 2. The third kappa shape index (κ3) is 3.35. The van der Waals surface area contributed by atoms with Gasteiger partial charge in [-0.15, -0.1) is 0 Å². The zero-order valence-corrected chi connectivity index (χ0v) is 26.3. The Balaban J connectivity index is 1.38. The van der Waals surface area contributed by atoms with Crippen molar-refractivity contribution in [1.29, 1.82) is 0 Å². The van der Waals surface area contributed by atoms with Gasteiger partial charge in [-0.05, 0) is 57.9 Å². The topological polar surface area (TPSA) is 14.2 Å². The van der Waals surface area contributed by atoms with E-state index < -0.39 is 14.2 Å². The van der Waals surface area contributed by atoms with Crippen LogP contribution >= 0.6 is 0 Å². The molecule has 3 heterocycles. The minimum Gasteiger partial charge on any atom is -0.457 e. The maximum atomic E-state index is 6.67. The Kier molecular flexibility index (Phi) is 5.40. The highest BCUT2D eigenvalue weighted by molar-refractivity contribution is 6.96.